The molecule has 5 aromatic rings. The molecule has 2 fully saturated rings. The molecule has 6 heterocycles. The summed E-state index contributed by atoms with van der Waals surface area (Å²) in [6.45, 7) is 11.3. The van der Waals surface area contributed by atoms with Crippen LogP contribution in [-0.4, -0.2) is 108 Å². The van der Waals surface area contributed by atoms with E-state index in [4.69, 9.17) is 9.97 Å². The fourth-order valence-corrected chi connectivity index (χ4v) is 8.80. The van der Waals surface area contributed by atoms with Crippen molar-refractivity contribution in [3.05, 3.63) is 106 Å². The molecule has 338 valence electrons. The number of aliphatic hydroxyl groups is 1. The number of aryl methyl sites for hydroxylation is 1. The van der Waals surface area contributed by atoms with E-state index in [1.54, 1.807) is 29.0 Å². The van der Waals surface area contributed by atoms with Crippen molar-refractivity contribution >= 4 is 63.6 Å². The van der Waals surface area contributed by atoms with Crippen LogP contribution in [0.5, 0.6) is 0 Å². The number of aromatic nitrogens is 5. The van der Waals surface area contributed by atoms with Gasteiger partial charge in [-0.05, 0) is 86.2 Å². The number of piperidine rings is 1. The molecule has 4 aliphatic rings. The molecule has 2 atom stereocenters. The van der Waals surface area contributed by atoms with Crippen LogP contribution in [-0.2, 0) is 27.3 Å². The number of fused-ring (bicyclic) bond motifs is 3. The molecule has 2 saturated heterocycles. The van der Waals surface area contributed by atoms with Crippen LogP contribution in [0, 0.1) is 0 Å². The van der Waals surface area contributed by atoms with Gasteiger partial charge in [0.1, 0.15) is 11.4 Å². The Hall–Kier alpha value is -7.21. The van der Waals surface area contributed by atoms with Crippen molar-refractivity contribution in [2.45, 2.75) is 83.9 Å². The van der Waals surface area contributed by atoms with E-state index in [1.807, 2.05) is 55.1 Å². The van der Waals surface area contributed by atoms with Crippen molar-refractivity contribution < 1.29 is 29.1 Å². The minimum Gasteiger partial charge on any atom is -0.387 e. The molecule has 65 heavy (non-hydrogen) atoms. The summed E-state index contributed by atoms with van der Waals surface area (Å²) in [7, 11) is 0. The molecule has 0 saturated carbocycles. The second-order valence-electron chi connectivity index (χ2n) is 16.2. The molecule has 3 aromatic heterocycles. The van der Waals surface area contributed by atoms with Gasteiger partial charge in [0.15, 0.2) is 11.5 Å². The number of nitrogens with zero attached hydrogens (tertiary/aromatic N) is 8. The number of benzene rings is 2. The summed E-state index contributed by atoms with van der Waals surface area (Å²) >= 11 is 0. The van der Waals surface area contributed by atoms with Gasteiger partial charge in [0.25, 0.3) is 17.4 Å². The summed E-state index contributed by atoms with van der Waals surface area (Å²) in [5.74, 6) is -1.22. The Morgan fingerprint density at radius 1 is 0.877 bits per heavy atom. The van der Waals surface area contributed by atoms with E-state index in [1.165, 1.54) is 10.9 Å². The zero-order valence-corrected chi connectivity index (χ0v) is 36.6. The van der Waals surface area contributed by atoms with Crippen molar-refractivity contribution in [3.63, 3.8) is 0 Å². The molecule has 4 N–H and O–H groups in total. The predicted molar refractivity (Wildman–Crippen MR) is 244 cm³/mol. The van der Waals surface area contributed by atoms with Gasteiger partial charge in [-0.1, -0.05) is 32.4 Å². The maximum atomic E-state index is 13.4. The number of nitrogens with one attached hydrogen (secondary N) is 3. The molecule has 1 aliphatic carbocycles. The van der Waals surface area contributed by atoms with E-state index in [-0.39, 0.29) is 42.0 Å². The van der Waals surface area contributed by atoms with Crippen molar-refractivity contribution in [1.82, 2.24) is 39.4 Å². The SMILES string of the molecule is C=CCn1c(=O)c2cnc(Nc3ccc(N4CCN(C(=O)CCCCCNc5ccc6c(c5)C(=O)N(C5CCC(=O)NC5=O)C6=O)CC4)cc3)nc2n1-c1ccc2c(n1)C(O)CC2.CC. The smallest absolute Gasteiger partial charge is 0.278 e. The van der Waals surface area contributed by atoms with E-state index >= 15 is 0 Å². The molecule has 5 amide bonds. The first-order valence-electron chi connectivity index (χ1n) is 22.3. The molecular weight excluding hydrogens is 831 g/mol. The van der Waals surface area contributed by atoms with E-state index in [2.05, 4.69) is 32.4 Å². The molecule has 18 nitrogen and oxygen atoms in total. The Labute approximate surface area is 375 Å². The largest absolute Gasteiger partial charge is 0.387 e. The van der Waals surface area contributed by atoms with E-state index in [9.17, 15) is 33.9 Å². The van der Waals surface area contributed by atoms with Gasteiger partial charge in [-0.2, -0.15) is 4.98 Å². The van der Waals surface area contributed by atoms with E-state index in [0.29, 0.717) is 79.7 Å². The van der Waals surface area contributed by atoms with E-state index < -0.39 is 35.8 Å². The van der Waals surface area contributed by atoms with Crippen LogP contribution in [0.1, 0.15) is 96.9 Å². The van der Waals surface area contributed by atoms with Gasteiger partial charge in [-0.15, -0.1) is 6.58 Å². The molecule has 0 radical (unpaired) electrons. The fourth-order valence-electron chi connectivity index (χ4n) is 8.80. The van der Waals surface area contributed by atoms with Crippen molar-refractivity contribution in [3.8, 4) is 5.82 Å². The van der Waals surface area contributed by atoms with E-state index in [0.717, 1.165) is 47.5 Å². The zero-order valence-electron chi connectivity index (χ0n) is 36.6. The number of carbonyl (C=O) groups excluding carboxylic acids is 5. The lowest BCUT2D eigenvalue weighted by Gasteiger charge is -2.36. The lowest BCUT2D eigenvalue weighted by atomic mass is 10.0. The molecule has 2 aromatic carbocycles. The van der Waals surface area contributed by atoms with Crippen LogP contribution in [0.4, 0.5) is 23.0 Å². The van der Waals surface area contributed by atoms with Gasteiger partial charge < -0.3 is 25.5 Å². The van der Waals surface area contributed by atoms with Crippen LogP contribution in [0.25, 0.3) is 16.9 Å². The highest BCUT2D eigenvalue weighted by atomic mass is 16.3. The average Bonchev–Trinajstić information content (AvgIpc) is 3.91. The minimum atomic E-state index is -1.00. The summed E-state index contributed by atoms with van der Waals surface area (Å²) < 4.78 is 3.16. The number of anilines is 4. The number of hydrogen-bond donors (Lipinski definition) is 4. The number of amides is 5. The third-order valence-corrected chi connectivity index (χ3v) is 12.2. The van der Waals surface area contributed by atoms with Crippen LogP contribution >= 0.6 is 0 Å². The number of unbranched alkanes of at least 4 members (excludes halogenated alkanes) is 2. The monoisotopic (exact) mass is 883 g/mol. The number of rotatable bonds is 14. The van der Waals surface area contributed by atoms with Crippen molar-refractivity contribution in [2.24, 2.45) is 0 Å². The highest BCUT2D eigenvalue weighted by Crippen LogP contribution is 2.32. The molecule has 0 bridgehead atoms. The number of aliphatic hydroxyl groups excluding tert-OH is 1. The maximum Gasteiger partial charge on any atom is 0.278 e. The number of allylic oxidation sites excluding steroid dienone is 1. The van der Waals surface area contributed by atoms with Crippen LogP contribution in [0.15, 0.2) is 78.2 Å². The van der Waals surface area contributed by atoms with Gasteiger partial charge in [0, 0.05) is 68.8 Å². The van der Waals surface area contributed by atoms with Crippen LogP contribution < -0.4 is 26.4 Å². The molecule has 9 rings (SSSR count). The Kier molecular flexibility index (Phi) is 13.2. The Balaban J connectivity index is 0.00000284. The molecule has 2 unspecified atom stereocenters. The molecule has 3 aliphatic heterocycles. The number of carbonyl (C=O) groups is 5. The van der Waals surface area contributed by atoms with Gasteiger partial charge in [0.05, 0.1) is 29.5 Å². The Bertz CT molecular complexity index is 2720. The first-order chi connectivity index (χ1) is 31.6. The highest BCUT2D eigenvalue weighted by Gasteiger charge is 2.44. The normalized spacial score (nSPS) is 18.0. The molecule has 18 heteroatoms. The topological polar surface area (TPSA) is 217 Å². The zero-order chi connectivity index (χ0) is 45.8. The van der Waals surface area contributed by atoms with Crippen molar-refractivity contribution in [2.75, 3.05) is 48.3 Å². The lowest BCUT2D eigenvalue weighted by Crippen LogP contribution is -2.54. The van der Waals surface area contributed by atoms with Crippen LogP contribution in [0.3, 0.4) is 0 Å². The summed E-state index contributed by atoms with van der Waals surface area (Å²) in [5.41, 5.74) is 4.66. The number of hydrogen-bond acceptors (Lipinski definition) is 13. The predicted octanol–water partition coefficient (Wildman–Crippen LogP) is 4.63. The second-order valence-corrected chi connectivity index (χ2v) is 16.2. The third kappa shape index (κ3) is 8.98. The lowest BCUT2D eigenvalue weighted by molar-refractivity contribution is -0.136. The molecule has 0 spiro atoms. The quantitative estimate of drug-likeness (QED) is 0.0681. The Morgan fingerprint density at radius 2 is 1.63 bits per heavy atom. The standard InChI is InChI=1S/C45H47N11O7.C2H6/c1-2-20-54-42(61)33-26-47-45(51-40(33)56(54)36-17-8-27-7-16-35(57)39(27)49-36)48-28-9-12-30(13-10-28)52-21-23-53(24-22-52)38(59)6-4-3-5-19-46-29-11-14-31-32(25-29)44(63)55(43(31)62)34-15-18-37(58)50-41(34)60;1-2/h2,8-14,17,25-26,34-35,46,57H,1,3-7,15-16,18-24H2,(H,47,48,51)(H,50,58,60);1-2H3. The van der Waals surface area contributed by atoms with Crippen LogP contribution in [0.2, 0.25) is 0 Å². The van der Waals surface area contributed by atoms with Gasteiger partial charge in [-0.25, -0.2) is 19.3 Å². The summed E-state index contributed by atoms with van der Waals surface area (Å²) in [6, 6.07) is 15.6. The number of piperazine rings is 1. The average molecular weight is 884 g/mol. The third-order valence-electron chi connectivity index (χ3n) is 12.2. The van der Waals surface area contributed by atoms with Gasteiger partial charge in [0.2, 0.25) is 23.7 Å². The second kappa shape index (κ2) is 19.3. The first kappa shape index (κ1) is 44.4. The summed E-state index contributed by atoms with van der Waals surface area (Å²) in [4.78, 5) is 95.5. The first-order valence-corrected chi connectivity index (χ1v) is 22.3. The van der Waals surface area contributed by atoms with Gasteiger partial charge in [-0.3, -0.25) is 39.0 Å². The summed E-state index contributed by atoms with van der Waals surface area (Å²) in [6.07, 6.45) is 6.88. The Morgan fingerprint density at radius 3 is 2.38 bits per heavy atom. The highest BCUT2D eigenvalue weighted by molar-refractivity contribution is 6.23. The summed E-state index contributed by atoms with van der Waals surface area (Å²) in [5, 5.41) is 19.6. The minimum absolute atomic E-state index is 0.0667. The molecular formula is C47H53N11O7. The van der Waals surface area contributed by atoms with Crippen molar-refractivity contribution in [1.29, 1.82) is 0 Å². The van der Waals surface area contributed by atoms with Gasteiger partial charge >= 0.3 is 0 Å². The fraction of sp³-hybridized carbons (Fsp3) is 0.383. The maximum absolute atomic E-state index is 13.4. The number of pyridine rings is 1. The number of imide groups is 2.